The summed E-state index contributed by atoms with van der Waals surface area (Å²) in [6, 6.07) is 0. The van der Waals surface area contributed by atoms with Crippen molar-refractivity contribution in [1.29, 1.82) is 0 Å². The zero-order valence-electron chi connectivity index (χ0n) is 14.4. The molecule has 0 bridgehead atoms. The number of esters is 1. The van der Waals surface area contributed by atoms with Gasteiger partial charge in [0.2, 0.25) is 0 Å². The van der Waals surface area contributed by atoms with Crippen LogP contribution in [0.3, 0.4) is 0 Å². The zero-order valence-corrected chi connectivity index (χ0v) is 15.1. The number of ether oxygens (including phenoxy) is 2. The lowest BCUT2D eigenvalue weighted by molar-refractivity contribution is -0.162. The molecule has 0 saturated heterocycles. The molecule has 1 saturated carbocycles. The molecule has 0 aliphatic heterocycles. The number of nitrogens with zero attached hydrogens (tertiary/aromatic N) is 1. The van der Waals surface area contributed by atoms with Crippen LogP contribution in [0.5, 0.6) is 0 Å². The van der Waals surface area contributed by atoms with Gasteiger partial charge in [-0.2, -0.15) is 5.10 Å². The molecule has 1 aliphatic carbocycles. The van der Waals surface area contributed by atoms with Crippen LogP contribution in [0, 0.1) is 11.8 Å². The van der Waals surface area contributed by atoms with Crippen molar-refractivity contribution in [2.45, 2.75) is 64.6 Å². The Kier molecular flexibility index (Phi) is 6.27. The summed E-state index contributed by atoms with van der Waals surface area (Å²) in [5.41, 5.74) is 0.368. The molecule has 1 N–H and O–H groups in total. The number of aromatic nitrogens is 2. The van der Waals surface area contributed by atoms with Gasteiger partial charge >= 0.3 is 5.97 Å². The molecular formula is C17H25ClN2O4. The monoisotopic (exact) mass is 356 g/mol. The summed E-state index contributed by atoms with van der Waals surface area (Å²) in [4.78, 5) is 23.0. The van der Waals surface area contributed by atoms with Crippen LogP contribution >= 0.6 is 11.6 Å². The van der Waals surface area contributed by atoms with Gasteiger partial charge < -0.3 is 9.47 Å². The van der Waals surface area contributed by atoms with Gasteiger partial charge in [-0.05, 0) is 52.4 Å². The maximum absolute atomic E-state index is 12.2. The molecule has 2 rings (SSSR count). The number of rotatable bonds is 6. The number of hydrogen-bond acceptors (Lipinski definition) is 5. The summed E-state index contributed by atoms with van der Waals surface area (Å²) in [7, 11) is 0. The van der Waals surface area contributed by atoms with Gasteiger partial charge in [-0.3, -0.25) is 14.7 Å². The highest BCUT2D eigenvalue weighted by molar-refractivity contribution is 6.30. The van der Waals surface area contributed by atoms with E-state index in [1.165, 1.54) is 0 Å². The molecule has 0 amide bonds. The SMILES string of the molecule is CC(C)(C)OC(=O)C1CCC(C(Cc2cn[nH]c2Cl)OC=O)CC1. The highest BCUT2D eigenvalue weighted by atomic mass is 35.5. The molecule has 1 atom stereocenters. The topological polar surface area (TPSA) is 81.3 Å². The number of hydrogen-bond donors (Lipinski definition) is 1. The van der Waals surface area contributed by atoms with Gasteiger partial charge in [0.1, 0.15) is 16.9 Å². The van der Waals surface area contributed by atoms with Crippen LogP contribution in [0.4, 0.5) is 0 Å². The van der Waals surface area contributed by atoms with Crippen molar-refractivity contribution in [2.75, 3.05) is 0 Å². The van der Waals surface area contributed by atoms with Crippen LogP contribution in [0.15, 0.2) is 6.20 Å². The number of nitrogens with one attached hydrogen (secondary N) is 1. The second-order valence-corrected chi connectivity index (χ2v) is 7.71. The fraction of sp³-hybridized carbons (Fsp3) is 0.706. The van der Waals surface area contributed by atoms with E-state index in [4.69, 9.17) is 21.1 Å². The standard InChI is InChI=1S/C17H25ClN2O4/c1-17(2,3)24-16(22)12-6-4-11(5-7-12)14(23-10-21)8-13-9-19-20-15(13)18/h9-12,14H,4-8H2,1-3H3,(H,19,20). The molecule has 134 valence electrons. The van der Waals surface area contributed by atoms with Crippen LogP contribution in [0.2, 0.25) is 5.15 Å². The Labute approximate surface area is 147 Å². The fourth-order valence-electron chi connectivity index (χ4n) is 3.16. The van der Waals surface area contributed by atoms with E-state index in [0.29, 0.717) is 18.0 Å². The van der Waals surface area contributed by atoms with Gasteiger partial charge in [-0.1, -0.05) is 11.6 Å². The summed E-state index contributed by atoms with van der Waals surface area (Å²) in [5.74, 6) is 0.00130. The van der Waals surface area contributed by atoms with Crippen molar-refractivity contribution in [3.05, 3.63) is 16.9 Å². The fourth-order valence-corrected chi connectivity index (χ4v) is 3.34. The number of H-pyrrole nitrogens is 1. The molecule has 0 radical (unpaired) electrons. The van der Waals surface area contributed by atoms with E-state index in [-0.39, 0.29) is 23.9 Å². The number of carbonyl (C=O) groups excluding carboxylic acids is 2. The Morgan fingerprint density at radius 1 is 1.42 bits per heavy atom. The molecular weight excluding hydrogens is 332 g/mol. The minimum absolute atomic E-state index is 0.0742. The molecule has 1 unspecified atom stereocenters. The predicted molar refractivity (Wildman–Crippen MR) is 89.5 cm³/mol. The van der Waals surface area contributed by atoms with Crippen molar-refractivity contribution in [3.8, 4) is 0 Å². The minimum atomic E-state index is -0.463. The van der Waals surface area contributed by atoms with Crippen LogP contribution in [0.25, 0.3) is 0 Å². The second kappa shape index (κ2) is 8.01. The van der Waals surface area contributed by atoms with Gasteiger partial charge in [0.25, 0.3) is 6.47 Å². The van der Waals surface area contributed by atoms with Crippen molar-refractivity contribution >= 4 is 24.0 Å². The van der Waals surface area contributed by atoms with Crippen LogP contribution in [-0.4, -0.2) is 34.3 Å². The van der Waals surface area contributed by atoms with Crippen LogP contribution in [-0.2, 0) is 25.5 Å². The van der Waals surface area contributed by atoms with E-state index in [1.807, 2.05) is 20.8 Å². The Hall–Kier alpha value is -1.56. The predicted octanol–water partition coefficient (Wildman–Crippen LogP) is 3.30. The zero-order chi connectivity index (χ0) is 17.7. The van der Waals surface area contributed by atoms with Crippen LogP contribution < -0.4 is 0 Å². The molecule has 1 heterocycles. The normalized spacial score (nSPS) is 22.7. The summed E-state index contributed by atoms with van der Waals surface area (Å²) < 4.78 is 10.8. The molecule has 1 fully saturated rings. The average molecular weight is 357 g/mol. The molecule has 7 heteroatoms. The van der Waals surface area contributed by atoms with Gasteiger partial charge in [0, 0.05) is 12.0 Å². The third-order valence-electron chi connectivity index (χ3n) is 4.35. The first-order chi connectivity index (χ1) is 11.3. The first-order valence-electron chi connectivity index (χ1n) is 8.30. The van der Waals surface area contributed by atoms with E-state index in [2.05, 4.69) is 10.2 Å². The lowest BCUT2D eigenvalue weighted by atomic mass is 9.78. The summed E-state index contributed by atoms with van der Waals surface area (Å²) in [6.07, 6.45) is 5.05. The maximum atomic E-state index is 12.2. The lowest BCUT2D eigenvalue weighted by Crippen LogP contribution is -2.34. The quantitative estimate of drug-likeness (QED) is 0.624. The summed E-state index contributed by atoms with van der Waals surface area (Å²) in [6.45, 7) is 6.11. The van der Waals surface area contributed by atoms with E-state index in [1.54, 1.807) is 6.20 Å². The molecule has 24 heavy (non-hydrogen) atoms. The van der Waals surface area contributed by atoms with Crippen molar-refractivity contribution in [1.82, 2.24) is 10.2 Å². The molecule has 1 aromatic rings. The van der Waals surface area contributed by atoms with Gasteiger partial charge in [-0.15, -0.1) is 0 Å². The Morgan fingerprint density at radius 3 is 2.58 bits per heavy atom. The maximum Gasteiger partial charge on any atom is 0.309 e. The van der Waals surface area contributed by atoms with Crippen molar-refractivity contribution < 1.29 is 19.1 Å². The first kappa shape index (κ1) is 18.8. The Balaban J connectivity index is 1.91. The summed E-state index contributed by atoms with van der Waals surface area (Å²) >= 11 is 6.03. The largest absolute Gasteiger partial charge is 0.464 e. The van der Waals surface area contributed by atoms with Gasteiger partial charge in [0.05, 0.1) is 12.1 Å². The Bertz CT molecular complexity index is 559. The highest BCUT2D eigenvalue weighted by Crippen LogP contribution is 2.34. The summed E-state index contributed by atoms with van der Waals surface area (Å²) in [5, 5.41) is 7.03. The first-order valence-corrected chi connectivity index (χ1v) is 8.67. The second-order valence-electron chi connectivity index (χ2n) is 7.33. The number of halogens is 1. The number of aromatic amines is 1. The third kappa shape index (κ3) is 5.23. The van der Waals surface area contributed by atoms with Crippen molar-refractivity contribution in [2.24, 2.45) is 11.8 Å². The average Bonchev–Trinajstić information content (AvgIpc) is 2.90. The van der Waals surface area contributed by atoms with E-state index >= 15 is 0 Å². The van der Waals surface area contributed by atoms with E-state index in [0.717, 1.165) is 31.2 Å². The van der Waals surface area contributed by atoms with E-state index < -0.39 is 5.60 Å². The van der Waals surface area contributed by atoms with Gasteiger partial charge in [-0.25, -0.2) is 0 Å². The molecule has 0 spiro atoms. The third-order valence-corrected chi connectivity index (χ3v) is 4.68. The lowest BCUT2D eigenvalue weighted by Gasteiger charge is -2.33. The number of carbonyl (C=O) groups is 2. The minimum Gasteiger partial charge on any atom is -0.464 e. The molecule has 1 aromatic heterocycles. The Morgan fingerprint density at radius 2 is 2.08 bits per heavy atom. The highest BCUT2D eigenvalue weighted by Gasteiger charge is 2.34. The smallest absolute Gasteiger partial charge is 0.309 e. The molecule has 6 nitrogen and oxygen atoms in total. The van der Waals surface area contributed by atoms with Crippen molar-refractivity contribution in [3.63, 3.8) is 0 Å². The molecule has 0 aromatic carbocycles. The van der Waals surface area contributed by atoms with E-state index in [9.17, 15) is 9.59 Å². The van der Waals surface area contributed by atoms with Crippen LogP contribution in [0.1, 0.15) is 52.0 Å². The molecule has 1 aliphatic rings. The van der Waals surface area contributed by atoms with Gasteiger partial charge in [0.15, 0.2) is 0 Å².